The standard InChI is InChI=1S/C19H17ClN4O4S2/c20-14-4-1-12(2-5-14)17(25)21-7-8-22-18(26)13-3-6-15-16(11-13)29-19-23-30(27,28)10-9-24(15)19/h1-6,11H,7-10H2,(H,21,25)(H,22,26). The van der Waals surface area contributed by atoms with Gasteiger partial charge in [-0.2, -0.15) is 0 Å². The number of rotatable bonds is 5. The molecule has 8 nitrogen and oxygen atoms in total. The second-order valence-electron chi connectivity index (χ2n) is 6.61. The molecule has 0 spiro atoms. The van der Waals surface area contributed by atoms with Gasteiger partial charge in [0.2, 0.25) is 0 Å². The number of carbonyl (C=O) groups is 2. The van der Waals surface area contributed by atoms with Crippen molar-refractivity contribution >= 4 is 56.1 Å². The number of nitrogens with one attached hydrogen (secondary N) is 2. The molecule has 0 fully saturated rings. The molecule has 11 heteroatoms. The van der Waals surface area contributed by atoms with Crippen LogP contribution in [-0.4, -0.2) is 50.8 Å². The monoisotopic (exact) mass is 464 g/mol. The molecule has 0 atom stereocenters. The average Bonchev–Trinajstić information content (AvgIpc) is 3.06. The number of halogens is 1. The molecule has 2 amide bonds. The van der Waals surface area contributed by atoms with Crippen LogP contribution < -0.4 is 15.5 Å². The number of hydrogen-bond donors (Lipinski definition) is 2. The molecule has 0 saturated heterocycles. The van der Waals surface area contributed by atoms with Gasteiger partial charge in [0.25, 0.3) is 21.8 Å². The van der Waals surface area contributed by atoms with E-state index in [1.807, 2.05) is 4.90 Å². The number of thioether (sulfide) groups is 1. The highest BCUT2D eigenvalue weighted by Crippen LogP contribution is 2.42. The SMILES string of the molecule is O=C(NCCNC(=O)c1ccc2c(c1)SC1=NS(=O)(=O)CCN12)c1ccc(Cl)cc1. The van der Waals surface area contributed by atoms with Crippen LogP contribution in [0.15, 0.2) is 51.8 Å². The molecule has 0 saturated carbocycles. The minimum atomic E-state index is -3.42. The Bertz CT molecular complexity index is 1150. The lowest BCUT2D eigenvalue weighted by Gasteiger charge is -2.22. The quantitative estimate of drug-likeness (QED) is 0.656. The van der Waals surface area contributed by atoms with Gasteiger partial charge in [-0.05, 0) is 54.2 Å². The van der Waals surface area contributed by atoms with Crippen molar-refractivity contribution < 1.29 is 18.0 Å². The predicted molar refractivity (Wildman–Crippen MR) is 117 cm³/mol. The van der Waals surface area contributed by atoms with Crippen LogP contribution in [-0.2, 0) is 10.0 Å². The minimum Gasteiger partial charge on any atom is -0.350 e. The molecule has 0 bridgehead atoms. The number of carbonyl (C=O) groups excluding carboxylic acids is 2. The average molecular weight is 465 g/mol. The molecule has 2 aromatic rings. The van der Waals surface area contributed by atoms with Crippen molar-refractivity contribution in [2.45, 2.75) is 4.90 Å². The fourth-order valence-electron chi connectivity index (χ4n) is 3.03. The van der Waals surface area contributed by atoms with E-state index in [1.165, 1.54) is 11.8 Å². The van der Waals surface area contributed by atoms with Gasteiger partial charge in [0.15, 0.2) is 5.17 Å². The highest BCUT2D eigenvalue weighted by atomic mass is 35.5. The van der Waals surface area contributed by atoms with E-state index < -0.39 is 10.0 Å². The number of amidine groups is 1. The lowest BCUT2D eigenvalue weighted by atomic mass is 10.2. The third-order valence-corrected chi connectivity index (χ3v) is 7.10. The van der Waals surface area contributed by atoms with Crippen LogP contribution in [0, 0.1) is 0 Å². The topological polar surface area (TPSA) is 108 Å². The number of sulfonamides is 1. The van der Waals surface area contributed by atoms with E-state index in [0.29, 0.717) is 27.9 Å². The van der Waals surface area contributed by atoms with Gasteiger partial charge in [0, 0.05) is 40.7 Å². The van der Waals surface area contributed by atoms with E-state index >= 15 is 0 Å². The van der Waals surface area contributed by atoms with Gasteiger partial charge in [-0.15, -0.1) is 4.40 Å². The molecule has 2 aromatic carbocycles. The van der Waals surface area contributed by atoms with Crippen molar-refractivity contribution in [1.82, 2.24) is 10.6 Å². The van der Waals surface area contributed by atoms with Gasteiger partial charge < -0.3 is 15.5 Å². The molecule has 0 radical (unpaired) electrons. The first-order chi connectivity index (χ1) is 14.3. The summed E-state index contributed by atoms with van der Waals surface area (Å²) in [5.74, 6) is -0.554. The van der Waals surface area contributed by atoms with Crippen LogP contribution in [0.5, 0.6) is 0 Å². The first kappa shape index (κ1) is 20.7. The van der Waals surface area contributed by atoms with Crippen LogP contribution in [0.2, 0.25) is 5.02 Å². The number of amides is 2. The number of benzene rings is 2. The van der Waals surface area contributed by atoms with E-state index in [1.54, 1.807) is 42.5 Å². The van der Waals surface area contributed by atoms with Crippen molar-refractivity contribution in [2.75, 3.05) is 30.3 Å². The second kappa shape index (κ2) is 8.29. The molecule has 156 valence electrons. The van der Waals surface area contributed by atoms with Gasteiger partial charge in [0.05, 0.1) is 11.4 Å². The van der Waals surface area contributed by atoms with Crippen LogP contribution in [0.1, 0.15) is 20.7 Å². The first-order valence-corrected chi connectivity index (χ1v) is 11.9. The van der Waals surface area contributed by atoms with Gasteiger partial charge in [-0.25, -0.2) is 8.42 Å². The Hall–Kier alpha value is -2.56. The van der Waals surface area contributed by atoms with Crippen LogP contribution in [0.4, 0.5) is 5.69 Å². The fourth-order valence-corrected chi connectivity index (χ4v) is 5.45. The Labute approximate surface area is 182 Å². The zero-order valence-corrected chi connectivity index (χ0v) is 18.0. The van der Waals surface area contributed by atoms with E-state index in [-0.39, 0.29) is 30.7 Å². The Morgan fingerprint density at radius 3 is 2.37 bits per heavy atom. The molecule has 0 aliphatic carbocycles. The molecule has 2 aliphatic heterocycles. The van der Waals surface area contributed by atoms with Gasteiger partial charge in [0.1, 0.15) is 0 Å². The summed E-state index contributed by atoms with van der Waals surface area (Å²) in [7, 11) is -3.42. The summed E-state index contributed by atoms with van der Waals surface area (Å²) in [5, 5.41) is 6.45. The summed E-state index contributed by atoms with van der Waals surface area (Å²) in [6.07, 6.45) is 0. The van der Waals surface area contributed by atoms with Crippen molar-refractivity contribution in [3.05, 3.63) is 58.6 Å². The third-order valence-electron chi connectivity index (χ3n) is 4.54. The normalized spacial score (nSPS) is 16.3. The van der Waals surface area contributed by atoms with Crippen LogP contribution >= 0.6 is 23.4 Å². The number of hydrogen-bond acceptors (Lipinski definition) is 6. The maximum absolute atomic E-state index is 12.4. The Morgan fingerprint density at radius 1 is 1.03 bits per heavy atom. The van der Waals surface area contributed by atoms with Gasteiger partial charge >= 0.3 is 0 Å². The summed E-state index contributed by atoms with van der Waals surface area (Å²) >= 11 is 7.04. The molecule has 30 heavy (non-hydrogen) atoms. The van der Waals surface area contributed by atoms with Crippen molar-refractivity contribution in [1.29, 1.82) is 0 Å². The van der Waals surface area contributed by atoms with E-state index in [2.05, 4.69) is 15.0 Å². The zero-order chi connectivity index (χ0) is 21.3. The molecule has 0 unspecified atom stereocenters. The highest BCUT2D eigenvalue weighted by Gasteiger charge is 2.33. The van der Waals surface area contributed by atoms with Crippen molar-refractivity contribution in [3.63, 3.8) is 0 Å². The molecule has 0 aromatic heterocycles. The molecule has 2 aliphatic rings. The summed E-state index contributed by atoms with van der Waals surface area (Å²) in [6, 6.07) is 11.7. The van der Waals surface area contributed by atoms with Crippen LogP contribution in [0.25, 0.3) is 0 Å². The summed E-state index contributed by atoms with van der Waals surface area (Å²) in [6.45, 7) is 0.884. The van der Waals surface area contributed by atoms with E-state index in [4.69, 9.17) is 11.6 Å². The Balaban J connectivity index is 1.32. The molecule has 2 heterocycles. The zero-order valence-electron chi connectivity index (χ0n) is 15.6. The van der Waals surface area contributed by atoms with Crippen molar-refractivity contribution in [3.8, 4) is 0 Å². The summed E-state index contributed by atoms with van der Waals surface area (Å²) in [5.41, 5.74) is 1.79. The Morgan fingerprint density at radius 2 is 1.67 bits per heavy atom. The second-order valence-corrected chi connectivity index (χ2v) is 9.81. The van der Waals surface area contributed by atoms with Crippen molar-refractivity contribution in [2.24, 2.45) is 4.40 Å². The molecular weight excluding hydrogens is 448 g/mol. The van der Waals surface area contributed by atoms with Crippen LogP contribution in [0.3, 0.4) is 0 Å². The summed E-state index contributed by atoms with van der Waals surface area (Å²) < 4.78 is 27.2. The summed E-state index contributed by atoms with van der Waals surface area (Å²) in [4.78, 5) is 27.1. The maximum Gasteiger partial charge on any atom is 0.257 e. The smallest absolute Gasteiger partial charge is 0.257 e. The maximum atomic E-state index is 12.4. The largest absolute Gasteiger partial charge is 0.350 e. The lowest BCUT2D eigenvalue weighted by Crippen LogP contribution is -2.35. The van der Waals surface area contributed by atoms with E-state index in [0.717, 1.165) is 10.6 Å². The van der Waals surface area contributed by atoms with E-state index in [9.17, 15) is 18.0 Å². The highest BCUT2D eigenvalue weighted by molar-refractivity contribution is 8.15. The minimum absolute atomic E-state index is 0.0273. The van der Waals surface area contributed by atoms with Gasteiger partial charge in [-0.1, -0.05) is 11.6 Å². The number of nitrogens with zero attached hydrogens (tertiary/aromatic N) is 2. The number of anilines is 1. The lowest BCUT2D eigenvalue weighted by molar-refractivity contribution is 0.0927. The van der Waals surface area contributed by atoms with Gasteiger partial charge in [-0.3, -0.25) is 9.59 Å². The molecular formula is C19H17ClN4O4S2. The third kappa shape index (κ3) is 4.45. The number of fused-ring (bicyclic) bond motifs is 3. The Kier molecular flexibility index (Phi) is 5.72. The predicted octanol–water partition coefficient (Wildman–Crippen LogP) is 2.11. The molecule has 2 N–H and O–H groups in total. The molecule has 4 rings (SSSR count). The fraction of sp³-hybridized carbons (Fsp3) is 0.211. The first-order valence-electron chi connectivity index (χ1n) is 9.06.